The van der Waals surface area contributed by atoms with Gasteiger partial charge in [0.15, 0.2) is 0 Å². The maximum atomic E-state index is 13.2. The molecule has 1 heterocycles. The van der Waals surface area contributed by atoms with E-state index in [2.05, 4.69) is 15.1 Å². The Bertz CT molecular complexity index is 834. The van der Waals surface area contributed by atoms with Gasteiger partial charge in [0.1, 0.15) is 5.82 Å². The van der Waals surface area contributed by atoms with Gasteiger partial charge in [0.05, 0.1) is 6.04 Å². The molecule has 1 amide bonds. The van der Waals surface area contributed by atoms with E-state index >= 15 is 0 Å². The number of nitrogens with zero attached hydrogens (tertiary/aromatic N) is 2. The minimum Gasteiger partial charge on any atom is -0.396 e. The molecule has 2 atom stereocenters. The maximum absolute atomic E-state index is 13.2. The summed E-state index contributed by atoms with van der Waals surface area (Å²) in [6.07, 6.45) is 0. The number of aliphatic hydroxyl groups is 1. The predicted molar refractivity (Wildman–Crippen MR) is 123 cm³/mol. The lowest BCUT2D eigenvalue weighted by Crippen LogP contribution is -2.54. The highest BCUT2D eigenvalue weighted by molar-refractivity contribution is 5.81. The molecule has 0 saturated carbocycles. The van der Waals surface area contributed by atoms with Crippen molar-refractivity contribution < 1.29 is 14.3 Å². The monoisotopic (exact) mass is 427 g/mol. The summed E-state index contributed by atoms with van der Waals surface area (Å²) in [4.78, 5) is 17.3. The highest BCUT2D eigenvalue weighted by atomic mass is 19.1. The smallest absolute Gasteiger partial charge is 0.237 e. The van der Waals surface area contributed by atoms with Crippen LogP contribution in [0.2, 0.25) is 0 Å². The number of halogens is 1. The molecule has 5 nitrogen and oxygen atoms in total. The standard InChI is InChI=1S/C25H34FN3O2/c1-19(28-13-15-29(16-14-28)22-11-9-21(26)10-12-22)24(31)27-17-23(25(2,3)18-30)20-7-5-4-6-8-20/h4-12,19,23,30H,13-18H2,1-3H3,(H,27,31). The Kier molecular flexibility index (Phi) is 7.68. The predicted octanol–water partition coefficient (Wildman–Crippen LogP) is 3.25. The van der Waals surface area contributed by atoms with E-state index < -0.39 is 0 Å². The van der Waals surface area contributed by atoms with Crippen LogP contribution in [-0.2, 0) is 4.79 Å². The molecule has 1 aliphatic heterocycles. The van der Waals surface area contributed by atoms with Crippen LogP contribution >= 0.6 is 0 Å². The number of nitrogens with one attached hydrogen (secondary N) is 1. The third kappa shape index (κ3) is 5.83. The lowest BCUT2D eigenvalue weighted by molar-refractivity contribution is -0.126. The Labute approximate surface area is 184 Å². The van der Waals surface area contributed by atoms with Gasteiger partial charge in [-0.25, -0.2) is 4.39 Å². The second-order valence-corrected chi connectivity index (χ2v) is 9.03. The molecule has 0 spiro atoms. The first-order valence-corrected chi connectivity index (χ1v) is 11.0. The molecule has 0 radical (unpaired) electrons. The largest absolute Gasteiger partial charge is 0.396 e. The van der Waals surface area contributed by atoms with Crippen molar-refractivity contribution >= 4 is 11.6 Å². The first-order chi connectivity index (χ1) is 14.8. The Morgan fingerprint density at radius 1 is 1.06 bits per heavy atom. The van der Waals surface area contributed by atoms with Gasteiger partial charge in [-0.3, -0.25) is 9.69 Å². The number of benzene rings is 2. The fraction of sp³-hybridized carbons (Fsp3) is 0.480. The van der Waals surface area contributed by atoms with Crippen LogP contribution in [0.25, 0.3) is 0 Å². The Morgan fingerprint density at radius 3 is 2.26 bits per heavy atom. The van der Waals surface area contributed by atoms with Crippen LogP contribution in [0.15, 0.2) is 54.6 Å². The van der Waals surface area contributed by atoms with Crippen LogP contribution in [-0.4, -0.2) is 61.3 Å². The lowest BCUT2D eigenvalue weighted by Gasteiger charge is -2.39. The van der Waals surface area contributed by atoms with Gasteiger partial charge in [-0.05, 0) is 42.2 Å². The average molecular weight is 428 g/mol. The molecular formula is C25H34FN3O2. The highest BCUT2D eigenvalue weighted by Crippen LogP contribution is 2.34. The van der Waals surface area contributed by atoms with Crippen LogP contribution in [0.4, 0.5) is 10.1 Å². The Balaban J connectivity index is 1.55. The number of carbonyl (C=O) groups is 1. The molecule has 0 bridgehead atoms. The summed E-state index contributed by atoms with van der Waals surface area (Å²) in [6, 6.07) is 16.4. The van der Waals surface area contributed by atoms with Crippen molar-refractivity contribution in [2.45, 2.75) is 32.7 Å². The first kappa shape index (κ1) is 23.2. The summed E-state index contributed by atoms with van der Waals surface area (Å²) in [7, 11) is 0. The van der Waals surface area contributed by atoms with E-state index in [-0.39, 0.29) is 35.7 Å². The van der Waals surface area contributed by atoms with Crippen molar-refractivity contribution in [3.8, 4) is 0 Å². The highest BCUT2D eigenvalue weighted by Gasteiger charge is 2.32. The number of rotatable bonds is 8. The number of carbonyl (C=O) groups excluding carboxylic acids is 1. The molecular weight excluding hydrogens is 393 g/mol. The average Bonchev–Trinajstić information content (AvgIpc) is 2.80. The van der Waals surface area contributed by atoms with E-state index in [1.807, 2.05) is 51.1 Å². The minimum atomic E-state index is -0.349. The zero-order valence-electron chi connectivity index (χ0n) is 18.7. The Morgan fingerprint density at radius 2 is 1.68 bits per heavy atom. The molecule has 168 valence electrons. The second kappa shape index (κ2) is 10.2. The maximum Gasteiger partial charge on any atom is 0.237 e. The molecule has 6 heteroatoms. The van der Waals surface area contributed by atoms with Gasteiger partial charge in [-0.2, -0.15) is 0 Å². The van der Waals surface area contributed by atoms with Gasteiger partial charge in [-0.1, -0.05) is 44.2 Å². The lowest BCUT2D eigenvalue weighted by atomic mass is 9.75. The quantitative estimate of drug-likeness (QED) is 0.679. The summed E-state index contributed by atoms with van der Waals surface area (Å²) < 4.78 is 13.2. The fourth-order valence-electron chi connectivity index (χ4n) is 4.18. The van der Waals surface area contributed by atoms with Crippen LogP contribution < -0.4 is 10.2 Å². The molecule has 1 saturated heterocycles. The van der Waals surface area contributed by atoms with Crippen molar-refractivity contribution in [2.24, 2.45) is 5.41 Å². The molecule has 2 N–H and O–H groups in total. The molecule has 0 aliphatic carbocycles. The topological polar surface area (TPSA) is 55.8 Å². The van der Waals surface area contributed by atoms with E-state index in [1.54, 1.807) is 12.1 Å². The van der Waals surface area contributed by atoms with Crippen LogP contribution in [0.3, 0.4) is 0 Å². The van der Waals surface area contributed by atoms with Gasteiger partial charge < -0.3 is 15.3 Å². The molecule has 31 heavy (non-hydrogen) atoms. The molecule has 3 rings (SSSR count). The fourth-order valence-corrected chi connectivity index (χ4v) is 4.18. The van der Waals surface area contributed by atoms with Crippen LogP contribution in [0.1, 0.15) is 32.3 Å². The number of aliphatic hydroxyl groups excluding tert-OH is 1. The number of anilines is 1. The first-order valence-electron chi connectivity index (χ1n) is 11.0. The summed E-state index contributed by atoms with van der Waals surface area (Å²) in [5.74, 6) is -0.207. The van der Waals surface area contributed by atoms with E-state index in [1.165, 1.54) is 12.1 Å². The van der Waals surface area contributed by atoms with Crippen molar-refractivity contribution in [1.82, 2.24) is 10.2 Å². The molecule has 1 fully saturated rings. The molecule has 2 aromatic carbocycles. The molecule has 0 aromatic heterocycles. The van der Waals surface area contributed by atoms with E-state index in [9.17, 15) is 14.3 Å². The van der Waals surface area contributed by atoms with Gasteiger partial charge in [0.25, 0.3) is 0 Å². The normalized spacial score (nSPS) is 17.3. The van der Waals surface area contributed by atoms with E-state index in [0.29, 0.717) is 6.54 Å². The summed E-state index contributed by atoms with van der Waals surface area (Å²) in [5, 5.41) is 13.0. The number of piperazine rings is 1. The zero-order valence-corrected chi connectivity index (χ0v) is 18.7. The number of hydrogen-bond donors (Lipinski definition) is 2. The Hall–Kier alpha value is -2.44. The van der Waals surface area contributed by atoms with Gasteiger partial charge in [-0.15, -0.1) is 0 Å². The zero-order chi connectivity index (χ0) is 22.4. The second-order valence-electron chi connectivity index (χ2n) is 9.03. The third-order valence-electron chi connectivity index (χ3n) is 6.47. The van der Waals surface area contributed by atoms with Crippen LogP contribution in [0.5, 0.6) is 0 Å². The van der Waals surface area contributed by atoms with Crippen molar-refractivity contribution in [2.75, 3.05) is 44.2 Å². The molecule has 2 unspecified atom stereocenters. The van der Waals surface area contributed by atoms with Crippen molar-refractivity contribution in [3.05, 3.63) is 66.0 Å². The summed E-state index contributed by atoms with van der Waals surface area (Å²) in [5.41, 5.74) is 1.77. The number of amides is 1. The van der Waals surface area contributed by atoms with Gasteiger partial charge >= 0.3 is 0 Å². The van der Waals surface area contributed by atoms with Crippen LogP contribution in [0, 0.1) is 11.2 Å². The van der Waals surface area contributed by atoms with Gasteiger partial charge in [0, 0.05) is 50.9 Å². The summed E-state index contributed by atoms with van der Waals surface area (Å²) >= 11 is 0. The minimum absolute atomic E-state index is 0.00454. The third-order valence-corrected chi connectivity index (χ3v) is 6.47. The van der Waals surface area contributed by atoms with Crippen molar-refractivity contribution in [3.63, 3.8) is 0 Å². The van der Waals surface area contributed by atoms with Crippen molar-refractivity contribution in [1.29, 1.82) is 0 Å². The SMILES string of the molecule is CC(C(=O)NCC(c1ccccc1)C(C)(C)CO)N1CCN(c2ccc(F)cc2)CC1. The van der Waals surface area contributed by atoms with Gasteiger partial charge in [0.2, 0.25) is 5.91 Å². The van der Waals surface area contributed by atoms with E-state index in [4.69, 9.17) is 0 Å². The number of hydrogen-bond acceptors (Lipinski definition) is 4. The molecule has 2 aromatic rings. The van der Waals surface area contributed by atoms with E-state index in [0.717, 1.165) is 37.4 Å². The molecule has 1 aliphatic rings. The summed E-state index contributed by atoms with van der Waals surface area (Å²) in [6.45, 7) is 9.66.